The molecule has 17 heavy (non-hydrogen) atoms. The van der Waals surface area contributed by atoms with Gasteiger partial charge in [-0.25, -0.2) is 0 Å². The van der Waals surface area contributed by atoms with E-state index in [1.165, 1.54) is 17.5 Å². The van der Waals surface area contributed by atoms with Crippen molar-refractivity contribution >= 4 is 5.97 Å². The second-order valence-corrected chi connectivity index (χ2v) is 5.68. The molecule has 0 heterocycles. The van der Waals surface area contributed by atoms with Gasteiger partial charge in [-0.05, 0) is 56.6 Å². The summed E-state index contributed by atoms with van der Waals surface area (Å²) in [6.07, 6.45) is 4.17. The summed E-state index contributed by atoms with van der Waals surface area (Å²) >= 11 is 0. The number of carboxylic acid groups (broad SMARTS) is 1. The average Bonchev–Trinajstić information content (AvgIpc) is 2.29. The molecule has 92 valence electrons. The Bertz CT molecular complexity index is 421. The third kappa shape index (κ3) is 2.51. The third-order valence-electron chi connectivity index (χ3n) is 3.83. The number of benzene rings is 1. The largest absolute Gasteiger partial charge is 0.481 e. The lowest BCUT2D eigenvalue weighted by atomic mass is 9.74. The van der Waals surface area contributed by atoms with E-state index >= 15 is 0 Å². The van der Waals surface area contributed by atoms with Gasteiger partial charge in [0.15, 0.2) is 0 Å². The van der Waals surface area contributed by atoms with E-state index < -0.39 is 11.4 Å². The number of rotatable bonds is 3. The Kier molecular flexibility index (Phi) is 3.23. The average molecular weight is 232 g/mol. The first-order valence-corrected chi connectivity index (χ1v) is 6.32. The molecule has 0 aliphatic heterocycles. The highest BCUT2D eigenvalue weighted by Gasteiger charge is 2.32. The lowest BCUT2D eigenvalue weighted by Crippen LogP contribution is -2.27. The number of carbonyl (C=O) groups is 1. The molecule has 1 aromatic carbocycles. The smallest absolute Gasteiger partial charge is 0.309 e. The van der Waals surface area contributed by atoms with E-state index in [4.69, 9.17) is 0 Å². The molecule has 0 saturated heterocycles. The fourth-order valence-corrected chi connectivity index (χ4v) is 2.77. The Labute approximate surface area is 103 Å². The van der Waals surface area contributed by atoms with Crippen molar-refractivity contribution in [2.75, 3.05) is 0 Å². The SMILES string of the molecule is CC(C)(CC1CCCc2ccccc21)C(=O)O. The molecular weight excluding hydrogens is 212 g/mol. The lowest BCUT2D eigenvalue weighted by molar-refractivity contribution is -0.147. The molecule has 1 N–H and O–H groups in total. The van der Waals surface area contributed by atoms with Gasteiger partial charge in [-0.1, -0.05) is 24.3 Å². The van der Waals surface area contributed by atoms with Gasteiger partial charge in [0.25, 0.3) is 0 Å². The lowest BCUT2D eigenvalue weighted by Gasteiger charge is -2.30. The summed E-state index contributed by atoms with van der Waals surface area (Å²) in [5, 5.41) is 9.22. The summed E-state index contributed by atoms with van der Waals surface area (Å²) in [4.78, 5) is 11.2. The predicted octanol–water partition coefficient (Wildman–Crippen LogP) is 3.61. The van der Waals surface area contributed by atoms with E-state index in [-0.39, 0.29) is 0 Å². The van der Waals surface area contributed by atoms with Crippen LogP contribution in [0.2, 0.25) is 0 Å². The van der Waals surface area contributed by atoms with Gasteiger partial charge in [0.2, 0.25) is 0 Å². The molecule has 2 heteroatoms. The van der Waals surface area contributed by atoms with E-state index in [0.717, 1.165) is 19.3 Å². The fourth-order valence-electron chi connectivity index (χ4n) is 2.77. The minimum absolute atomic E-state index is 0.408. The van der Waals surface area contributed by atoms with Crippen LogP contribution in [-0.4, -0.2) is 11.1 Å². The normalized spacial score (nSPS) is 19.8. The van der Waals surface area contributed by atoms with Gasteiger partial charge in [0, 0.05) is 0 Å². The molecule has 0 radical (unpaired) electrons. The molecule has 1 atom stereocenters. The Morgan fingerprint density at radius 3 is 2.82 bits per heavy atom. The van der Waals surface area contributed by atoms with Crippen LogP contribution in [0.3, 0.4) is 0 Å². The van der Waals surface area contributed by atoms with Crippen LogP contribution in [0, 0.1) is 5.41 Å². The molecular formula is C15H20O2. The van der Waals surface area contributed by atoms with Crippen molar-refractivity contribution in [1.82, 2.24) is 0 Å². The molecule has 1 aliphatic rings. The van der Waals surface area contributed by atoms with Crippen LogP contribution in [0.25, 0.3) is 0 Å². The molecule has 1 aliphatic carbocycles. The van der Waals surface area contributed by atoms with Crippen LogP contribution in [0.1, 0.15) is 50.2 Å². The van der Waals surface area contributed by atoms with E-state index in [9.17, 15) is 9.90 Å². The highest BCUT2D eigenvalue weighted by Crippen LogP contribution is 2.39. The number of hydrogen-bond donors (Lipinski definition) is 1. The summed E-state index contributed by atoms with van der Waals surface area (Å²) in [6.45, 7) is 3.65. The van der Waals surface area contributed by atoms with Crippen LogP contribution >= 0.6 is 0 Å². The Morgan fingerprint density at radius 2 is 2.12 bits per heavy atom. The molecule has 0 fully saturated rings. The van der Waals surface area contributed by atoms with Crippen molar-refractivity contribution < 1.29 is 9.90 Å². The molecule has 1 aromatic rings. The minimum atomic E-state index is -0.694. The molecule has 0 bridgehead atoms. The van der Waals surface area contributed by atoms with Gasteiger partial charge in [-0.2, -0.15) is 0 Å². The second-order valence-electron chi connectivity index (χ2n) is 5.68. The van der Waals surface area contributed by atoms with E-state index in [0.29, 0.717) is 5.92 Å². The zero-order chi connectivity index (χ0) is 12.5. The quantitative estimate of drug-likeness (QED) is 0.864. The monoisotopic (exact) mass is 232 g/mol. The van der Waals surface area contributed by atoms with Gasteiger partial charge in [0.1, 0.15) is 0 Å². The van der Waals surface area contributed by atoms with Gasteiger partial charge in [-0.3, -0.25) is 4.79 Å². The maximum Gasteiger partial charge on any atom is 0.309 e. The first-order valence-electron chi connectivity index (χ1n) is 6.32. The number of carboxylic acids is 1. The van der Waals surface area contributed by atoms with Crippen LogP contribution < -0.4 is 0 Å². The van der Waals surface area contributed by atoms with Gasteiger partial charge in [-0.15, -0.1) is 0 Å². The van der Waals surface area contributed by atoms with Crippen LogP contribution in [0.4, 0.5) is 0 Å². The van der Waals surface area contributed by atoms with Crippen LogP contribution in [0.5, 0.6) is 0 Å². The van der Waals surface area contributed by atoms with Crippen LogP contribution in [-0.2, 0) is 11.2 Å². The first-order chi connectivity index (χ1) is 8.00. The van der Waals surface area contributed by atoms with E-state index in [1.807, 2.05) is 13.8 Å². The maximum atomic E-state index is 11.2. The molecule has 2 rings (SSSR count). The van der Waals surface area contributed by atoms with Crippen molar-refractivity contribution in [3.63, 3.8) is 0 Å². The van der Waals surface area contributed by atoms with Crippen molar-refractivity contribution in [2.24, 2.45) is 5.41 Å². The summed E-state index contributed by atoms with van der Waals surface area (Å²) in [6, 6.07) is 8.47. The highest BCUT2D eigenvalue weighted by atomic mass is 16.4. The van der Waals surface area contributed by atoms with Gasteiger partial charge >= 0.3 is 5.97 Å². The number of aliphatic carboxylic acids is 1. The fraction of sp³-hybridized carbons (Fsp3) is 0.533. The molecule has 0 aromatic heterocycles. The van der Waals surface area contributed by atoms with Crippen LogP contribution in [0.15, 0.2) is 24.3 Å². The maximum absolute atomic E-state index is 11.2. The molecule has 0 spiro atoms. The van der Waals surface area contributed by atoms with E-state index in [1.54, 1.807) is 0 Å². The Hall–Kier alpha value is -1.31. The van der Waals surface area contributed by atoms with Crippen molar-refractivity contribution in [3.8, 4) is 0 Å². The first kappa shape index (κ1) is 12.2. The predicted molar refractivity (Wildman–Crippen MR) is 68.2 cm³/mol. The summed E-state index contributed by atoms with van der Waals surface area (Å²) in [7, 11) is 0. The number of aryl methyl sites for hydroxylation is 1. The highest BCUT2D eigenvalue weighted by molar-refractivity contribution is 5.73. The zero-order valence-electron chi connectivity index (χ0n) is 10.6. The topological polar surface area (TPSA) is 37.3 Å². The number of fused-ring (bicyclic) bond motifs is 1. The van der Waals surface area contributed by atoms with Gasteiger partial charge in [0.05, 0.1) is 5.41 Å². The molecule has 0 amide bonds. The number of hydrogen-bond acceptors (Lipinski definition) is 1. The van der Waals surface area contributed by atoms with Gasteiger partial charge < -0.3 is 5.11 Å². The minimum Gasteiger partial charge on any atom is -0.481 e. The van der Waals surface area contributed by atoms with Crippen molar-refractivity contribution in [3.05, 3.63) is 35.4 Å². The zero-order valence-corrected chi connectivity index (χ0v) is 10.6. The molecule has 1 unspecified atom stereocenters. The summed E-state index contributed by atoms with van der Waals surface area (Å²) < 4.78 is 0. The molecule has 2 nitrogen and oxygen atoms in total. The molecule has 0 saturated carbocycles. The third-order valence-corrected chi connectivity index (χ3v) is 3.83. The van der Waals surface area contributed by atoms with E-state index in [2.05, 4.69) is 24.3 Å². The standard InChI is InChI=1S/C15H20O2/c1-15(2,14(16)17)10-12-8-5-7-11-6-3-4-9-13(11)12/h3-4,6,9,12H,5,7-8,10H2,1-2H3,(H,16,17). The van der Waals surface area contributed by atoms with Crippen molar-refractivity contribution in [1.29, 1.82) is 0 Å². The Balaban J connectivity index is 2.22. The summed E-state index contributed by atoms with van der Waals surface area (Å²) in [5.74, 6) is -0.286. The Morgan fingerprint density at radius 1 is 1.41 bits per heavy atom. The second kappa shape index (κ2) is 4.52. The van der Waals surface area contributed by atoms with Crippen molar-refractivity contribution in [2.45, 2.75) is 45.4 Å². The summed E-state index contributed by atoms with van der Waals surface area (Å²) in [5.41, 5.74) is 2.15.